The summed E-state index contributed by atoms with van der Waals surface area (Å²) in [5, 5.41) is 6.70. The third-order valence-corrected chi connectivity index (χ3v) is 8.45. The first-order valence-corrected chi connectivity index (χ1v) is 14.9. The second-order valence-corrected chi connectivity index (χ2v) is 11.6. The van der Waals surface area contributed by atoms with Gasteiger partial charge in [-0.05, 0) is 36.3 Å². The van der Waals surface area contributed by atoms with Crippen molar-refractivity contribution in [3.05, 3.63) is 69.8 Å². The number of imidazole rings is 1. The smallest absolute Gasteiger partial charge is 0.418 e. The molecule has 13 heteroatoms. The van der Waals surface area contributed by atoms with Crippen molar-refractivity contribution >= 4 is 28.7 Å². The molecule has 1 saturated carbocycles. The van der Waals surface area contributed by atoms with Crippen molar-refractivity contribution in [3.63, 3.8) is 0 Å². The van der Waals surface area contributed by atoms with Gasteiger partial charge >= 0.3 is 5.76 Å². The third kappa shape index (κ3) is 5.72. The fourth-order valence-corrected chi connectivity index (χ4v) is 6.07. The number of morpholine rings is 1. The lowest BCUT2D eigenvalue weighted by Gasteiger charge is -2.37. The van der Waals surface area contributed by atoms with Gasteiger partial charge in [0.05, 0.1) is 24.3 Å². The second kappa shape index (κ2) is 11.8. The number of rotatable bonds is 7. The van der Waals surface area contributed by atoms with E-state index in [1.807, 2.05) is 18.2 Å². The standard InChI is InChI=1S/C30H31ClN8O4/c1-18-7-9-19(10-8-18)16-39-24-25(35-29(39)38-13-14-41-17-22(38)20-5-3-2-4-6-20)33-26(28-36-37-30(40)43-28)34-27(24)42-23-12-11-21(31)15-32-23/h2-6,11-12,15,18-19,22H,7-10,13-14,16-17H2,1H3,(H,37,40)/t18?,19?,22-/m0/s1. The Morgan fingerprint density at radius 2 is 1.91 bits per heavy atom. The molecule has 0 bridgehead atoms. The van der Waals surface area contributed by atoms with Gasteiger partial charge in [0, 0.05) is 25.4 Å². The number of pyridine rings is 1. The fourth-order valence-electron chi connectivity index (χ4n) is 5.96. The minimum Gasteiger partial charge on any atom is -0.418 e. The van der Waals surface area contributed by atoms with E-state index in [0.717, 1.165) is 36.8 Å². The maximum atomic E-state index is 11.8. The number of nitrogens with one attached hydrogen (secondary N) is 1. The van der Waals surface area contributed by atoms with Crippen LogP contribution >= 0.6 is 11.6 Å². The lowest BCUT2D eigenvalue weighted by Crippen LogP contribution is -2.41. The summed E-state index contributed by atoms with van der Waals surface area (Å²) >= 11 is 6.09. The zero-order chi connectivity index (χ0) is 29.3. The summed E-state index contributed by atoms with van der Waals surface area (Å²) < 4.78 is 19.6. The Balaban J connectivity index is 1.41. The molecule has 12 nitrogen and oxygen atoms in total. The van der Waals surface area contributed by atoms with Crippen LogP contribution in [0.5, 0.6) is 11.8 Å². The summed E-state index contributed by atoms with van der Waals surface area (Å²) in [5.74, 6) is 1.76. The molecule has 0 amide bonds. The number of hydrogen-bond acceptors (Lipinski definition) is 10. The van der Waals surface area contributed by atoms with Gasteiger partial charge in [-0.3, -0.25) is 0 Å². The highest BCUT2D eigenvalue weighted by molar-refractivity contribution is 6.30. The summed E-state index contributed by atoms with van der Waals surface area (Å²) in [4.78, 5) is 32.9. The van der Waals surface area contributed by atoms with Gasteiger partial charge in [0.1, 0.15) is 0 Å². The molecule has 2 aliphatic rings. The van der Waals surface area contributed by atoms with E-state index >= 15 is 0 Å². The van der Waals surface area contributed by atoms with Crippen molar-refractivity contribution < 1.29 is 13.9 Å². The first-order valence-electron chi connectivity index (χ1n) is 14.5. The van der Waals surface area contributed by atoms with Gasteiger partial charge < -0.3 is 23.4 Å². The van der Waals surface area contributed by atoms with Crippen LogP contribution in [-0.4, -0.2) is 54.5 Å². The topological polar surface area (TPSA) is 137 Å². The molecule has 1 atom stereocenters. The number of fused-ring (bicyclic) bond motifs is 1. The molecule has 2 fully saturated rings. The molecular weight excluding hydrogens is 572 g/mol. The first kappa shape index (κ1) is 27.5. The van der Waals surface area contributed by atoms with Crippen LogP contribution in [0, 0.1) is 11.8 Å². The Kier molecular flexibility index (Phi) is 7.54. The van der Waals surface area contributed by atoms with Crippen LogP contribution in [0.4, 0.5) is 5.95 Å². The lowest BCUT2D eigenvalue weighted by molar-refractivity contribution is 0.0927. The van der Waals surface area contributed by atoms with Gasteiger partial charge in [0.25, 0.3) is 11.8 Å². The van der Waals surface area contributed by atoms with Crippen molar-refractivity contribution in [1.29, 1.82) is 0 Å². The van der Waals surface area contributed by atoms with E-state index in [9.17, 15) is 4.79 Å². The predicted octanol–water partition coefficient (Wildman–Crippen LogP) is 5.41. The van der Waals surface area contributed by atoms with Crippen LogP contribution in [-0.2, 0) is 11.3 Å². The number of nitrogens with zero attached hydrogens (tertiary/aromatic N) is 7. The largest absolute Gasteiger partial charge is 0.434 e. The highest BCUT2D eigenvalue weighted by Crippen LogP contribution is 2.38. The van der Waals surface area contributed by atoms with E-state index in [0.29, 0.717) is 47.7 Å². The molecule has 43 heavy (non-hydrogen) atoms. The average molecular weight is 603 g/mol. The minimum atomic E-state index is -0.711. The van der Waals surface area contributed by atoms with Crippen LogP contribution in [0.3, 0.4) is 0 Å². The first-order chi connectivity index (χ1) is 21.0. The number of hydrogen-bond donors (Lipinski definition) is 1. The van der Waals surface area contributed by atoms with Crippen molar-refractivity contribution in [3.8, 4) is 23.5 Å². The van der Waals surface area contributed by atoms with Crippen LogP contribution in [0.15, 0.2) is 57.9 Å². The van der Waals surface area contributed by atoms with E-state index < -0.39 is 5.76 Å². The van der Waals surface area contributed by atoms with Gasteiger partial charge in [-0.2, -0.15) is 9.97 Å². The Labute approximate surface area is 252 Å². The highest BCUT2D eigenvalue weighted by Gasteiger charge is 2.33. The Morgan fingerprint density at radius 1 is 1.07 bits per heavy atom. The molecule has 0 radical (unpaired) electrons. The molecule has 5 heterocycles. The zero-order valence-electron chi connectivity index (χ0n) is 23.6. The van der Waals surface area contributed by atoms with Crippen LogP contribution in [0.2, 0.25) is 5.02 Å². The second-order valence-electron chi connectivity index (χ2n) is 11.2. The maximum Gasteiger partial charge on any atom is 0.434 e. The molecule has 0 unspecified atom stereocenters. The van der Waals surface area contributed by atoms with Crippen molar-refractivity contribution in [2.45, 2.75) is 45.2 Å². The summed E-state index contributed by atoms with van der Waals surface area (Å²) in [6, 6.07) is 13.6. The summed E-state index contributed by atoms with van der Waals surface area (Å²) in [5.41, 5.74) is 2.17. The van der Waals surface area contributed by atoms with E-state index in [1.54, 1.807) is 12.1 Å². The Morgan fingerprint density at radius 3 is 2.65 bits per heavy atom. The molecule has 0 spiro atoms. The van der Waals surface area contributed by atoms with Gasteiger partial charge in [-0.25, -0.2) is 19.9 Å². The number of aromatic nitrogens is 7. The third-order valence-electron chi connectivity index (χ3n) is 8.23. The van der Waals surface area contributed by atoms with E-state index in [-0.39, 0.29) is 23.6 Å². The SMILES string of the molecule is CC1CCC(Cn2c(N3CCOC[C@H]3c3ccccc3)nc3nc(-c4n[nH]c(=O)o4)nc(Oc4ccc(Cl)cn4)c32)CC1. The summed E-state index contributed by atoms with van der Waals surface area (Å²) in [7, 11) is 0. The van der Waals surface area contributed by atoms with Crippen LogP contribution < -0.4 is 15.4 Å². The van der Waals surface area contributed by atoms with E-state index in [1.165, 1.54) is 19.0 Å². The number of benzene rings is 1. The summed E-state index contributed by atoms with van der Waals surface area (Å²) in [6.45, 7) is 4.79. The zero-order valence-corrected chi connectivity index (χ0v) is 24.4. The lowest BCUT2D eigenvalue weighted by atomic mass is 9.83. The van der Waals surface area contributed by atoms with Gasteiger partial charge in [0.15, 0.2) is 11.2 Å². The fraction of sp³-hybridized carbons (Fsp3) is 0.400. The molecule has 1 aliphatic heterocycles. The molecule has 7 rings (SSSR count). The quantitative estimate of drug-likeness (QED) is 0.257. The van der Waals surface area contributed by atoms with Gasteiger partial charge in [0.2, 0.25) is 17.7 Å². The minimum absolute atomic E-state index is 0.0454. The number of halogens is 1. The van der Waals surface area contributed by atoms with Crippen molar-refractivity contribution in [2.24, 2.45) is 11.8 Å². The Bertz CT molecular complexity index is 1760. The molecule has 222 valence electrons. The van der Waals surface area contributed by atoms with Crippen molar-refractivity contribution in [2.75, 3.05) is 24.7 Å². The van der Waals surface area contributed by atoms with Gasteiger partial charge in [-0.1, -0.05) is 61.7 Å². The van der Waals surface area contributed by atoms with Crippen LogP contribution in [0.25, 0.3) is 22.9 Å². The summed E-state index contributed by atoms with van der Waals surface area (Å²) in [6.07, 6.45) is 6.13. The van der Waals surface area contributed by atoms with Gasteiger partial charge in [-0.15, -0.1) is 5.10 Å². The van der Waals surface area contributed by atoms with Crippen LogP contribution in [0.1, 0.15) is 44.2 Å². The number of anilines is 1. The predicted molar refractivity (Wildman–Crippen MR) is 159 cm³/mol. The normalized spacial score (nSPS) is 20.9. The average Bonchev–Trinajstić information content (AvgIpc) is 3.63. The number of H-pyrrole nitrogens is 1. The molecule has 1 saturated heterocycles. The molecule has 4 aromatic heterocycles. The molecule has 5 aromatic rings. The monoisotopic (exact) mass is 602 g/mol. The van der Waals surface area contributed by atoms with Crippen molar-refractivity contribution in [1.82, 2.24) is 34.7 Å². The molecule has 1 aliphatic carbocycles. The molecule has 1 aromatic carbocycles. The maximum absolute atomic E-state index is 11.8. The number of ether oxygens (including phenoxy) is 2. The molecule has 1 N–H and O–H groups in total. The van der Waals surface area contributed by atoms with E-state index in [4.69, 9.17) is 35.5 Å². The highest BCUT2D eigenvalue weighted by atomic mass is 35.5. The number of aromatic amines is 1. The Hall–Kier alpha value is -4.29. The van der Waals surface area contributed by atoms with E-state index in [2.05, 4.69) is 48.7 Å². The molecular formula is C30H31ClN8O4.